The summed E-state index contributed by atoms with van der Waals surface area (Å²) in [4.78, 5) is 0. The molecule has 3 heteroatoms. The molecular weight excluding hydrogens is 150 g/mol. The Labute approximate surface area is 75.7 Å². The molecule has 0 aliphatic heterocycles. The zero-order chi connectivity index (χ0) is 9.23. The van der Waals surface area contributed by atoms with Gasteiger partial charge in [-0.05, 0) is 51.1 Å². The van der Waals surface area contributed by atoms with Gasteiger partial charge >= 0.3 is 0 Å². The van der Waals surface area contributed by atoms with E-state index in [4.69, 9.17) is 11.5 Å². The van der Waals surface area contributed by atoms with Gasteiger partial charge in [-0.2, -0.15) is 0 Å². The largest absolute Gasteiger partial charge is 0.358 e. The molecule has 0 rings (SSSR count). The molecule has 12 heavy (non-hydrogen) atoms. The van der Waals surface area contributed by atoms with Crippen molar-refractivity contribution in [2.75, 3.05) is 19.6 Å². The Morgan fingerprint density at radius 3 is 2.17 bits per heavy atom. The third-order valence-corrected chi connectivity index (χ3v) is 2.26. The molecule has 0 aromatic rings. The number of unbranched alkanes of at least 4 members (excludes halogenated alkanes) is 1. The number of nitrogens with two attached hydrogens (primary N) is 2. The fraction of sp³-hybridized carbons (Fsp3) is 1.00. The van der Waals surface area contributed by atoms with E-state index >= 15 is 0 Å². The van der Waals surface area contributed by atoms with Gasteiger partial charge in [0.15, 0.2) is 0 Å². The molecule has 74 valence electrons. The highest BCUT2D eigenvalue weighted by Gasteiger charge is 2.04. The lowest BCUT2D eigenvalue weighted by Crippen LogP contribution is -2.50. The van der Waals surface area contributed by atoms with E-state index in [1.165, 1.54) is 25.7 Å². The second-order valence-corrected chi connectivity index (χ2v) is 3.38. The molecule has 0 heterocycles. The highest BCUT2D eigenvalue weighted by atomic mass is 14.6. The molecular formula is C9H24N3+. The zero-order valence-corrected chi connectivity index (χ0v) is 8.10. The quantitative estimate of drug-likeness (QED) is 0.442. The summed E-state index contributed by atoms with van der Waals surface area (Å²) in [5.74, 6) is 0.695. The Hall–Kier alpha value is -0.120. The van der Waals surface area contributed by atoms with Gasteiger partial charge < -0.3 is 17.2 Å². The smallest absolute Gasteiger partial charge is 0.0739 e. The van der Waals surface area contributed by atoms with Gasteiger partial charge in [0, 0.05) is 0 Å². The van der Waals surface area contributed by atoms with Crippen molar-refractivity contribution in [2.24, 2.45) is 17.4 Å². The molecule has 1 unspecified atom stereocenters. The van der Waals surface area contributed by atoms with Crippen LogP contribution in [0, 0.1) is 5.92 Å². The van der Waals surface area contributed by atoms with Crippen LogP contribution < -0.4 is 17.2 Å². The maximum absolute atomic E-state index is 5.64. The van der Waals surface area contributed by atoms with Crippen molar-refractivity contribution in [3.8, 4) is 0 Å². The summed E-state index contributed by atoms with van der Waals surface area (Å²) >= 11 is 0. The maximum Gasteiger partial charge on any atom is 0.0739 e. The lowest BCUT2D eigenvalue weighted by Gasteiger charge is -2.12. The van der Waals surface area contributed by atoms with E-state index in [1.54, 1.807) is 0 Å². The van der Waals surface area contributed by atoms with E-state index in [0.717, 1.165) is 26.1 Å². The summed E-state index contributed by atoms with van der Waals surface area (Å²) in [6.07, 6.45) is 6.08. The minimum atomic E-state index is 0.695. The van der Waals surface area contributed by atoms with Crippen molar-refractivity contribution in [2.45, 2.75) is 32.1 Å². The average Bonchev–Trinajstić information content (AvgIpc) is 2.11. The SMILES string of the molecule is NCCCC(CN)CCCC[NH3+]. The summed E-state index contributed by atoms with van der Waals surface area (Å²) in [5.41, 5.74) is 14.9. The third kappa shape index (κ3) is 6.58. The van der Waals surface area contributed by atoms with Crippen molar-refractivity contribution < 1.29 is 5.73 Å². The normalized spacial score (nSPS) is 13.2. The summed E-state index contributed by atoms with van der Waals surface area (Å²) < 4.78 is 0. The predicted octanol–water partition coefficient (Wildman–Crippen LogP) is -0.288. The summed E-state index contributed by atoms with van der Waals surface area (Å²) in [6.45, 7) is 2.66. The van der Waals surface area contributed by atoms with Crippen LogP contribution in [0.3, 0.4) is 0 Å². The first-order valence-electron chi connectivity index (χ1n) is 5.04. The Balaban J connectivity index is 3.26. The van der Waals surface area contributed by atoms with Crippen LogP contribution in [0.2, 0.25) is 0 Å². The number of hydrogen-bond acceptors (Lipinski definition) is 2. The van der Waals surface area contributed by atoms with Gasteiger partial charge in [0.1, 0.15) is 0 Å². The number of rotatable bonds is 8. The van der Waals surface area contributed by atoms with Crippen LogP contribution in [0.15, 0.2) is 0 Å². The molecule has 0 saturated carbocycles. The molecule has 0 aliphatic carbocycles. The molecule has 3 nitrogen and oxygen atoms in total. The lowest BCUT2D eigenvalue weighted by atomic mass is 9.97. The minimum absolute atomic E-state index is 0.695. The molecule has 7 N–H and O–H groups in total. The predicted molar refractivity (Wildman–Crippen MR) is 52.4 cm³/mol. The van der Waals surface area contributed by atoms with Gasteiger partial charge in [-0.25, -0.2) is 0 Å². The highest BCUT2D eigenvalue weighted by molar-refractivity contribution is 4.60. The van der Waals surface area contributed by atoms with Crippen LogP contribution in [-0.2, 0) is 0 Å². The van der Waals surface area contributed by atoms with E-state index in [9.17, 15) is 0 Å². The molecule has 0 spiro atoms. The molecule has 0 aliphatic rings. The summed E-state index contributed by atoms with van der Waals surface area (Å²) in [6, 6.07) is 0. The van der Waals surface area contributed by atoms with Crippen LogP contribution in [-0.4, -0.2) is 19.6 Å². The highest BCUT2D eigenvalue weighted by Crippen LogP contribution is 2.12. The Bertz CT molecular complexity index is 85.8. The standard InChI is InChI=1S/C9H23N3/c10-6-2-1-4-9(8-12)5-3-7-11/h9H,1-8,10-12H2/p+1. The van der Waals surface area contributed by atoms with Crippen molar-refractivity contribution in [1.82, 2.24) is 0 Å². The topological polar surface area (TPSA) is 79.7 Å². The minimum Gasteiger partial charge on any atom is -0.358 e. The van der Waals surface area contributed by atoms with Crippen LogP contribution in [0.1, 0.15) is 32.1 Å². The fourth-order valence-electron chi connectivity index (χ4n) is 1.40. The molecule has 0 radical (unpaired) electrons. The van der Waals surface area contributed by atoms with E-state index in [0.29, 0.717) is 5.92 Å². The Morgan fingerprint density at radius 1 is 1.00 bits per heavy atom. The van der Waals surface area contributed by atoms with Gasteiger partial charge in [-0.15, -0.1) is 0 Å². The van der Waals surface area contributed by atoms with Gasteiger partial charge in [0.05, 0.1) is 6.54 Å². The van der Waals surface area contributed by atoms with E-state index < -0.39 is 0 Å². The van der Waals surface area contributed by atoms with E-state index in [2.05, 4.69) is 5.73 Å². The third-order valence-electron chi connectivity index (χ3n) is 2.26. The van der Waals surface area contributed by atoms with Gasteiger partial charge in [0.2, 0.25) is 0 Å². The number of hydrogen-bond donors (Lipinski definition) is 3. The molecule has 1 atom stereocenters. The van der Waals surface area contributed by atoms with Crippen LogP contribution in [0.25, 0.3) is 0 Å². The van der Waals surface area contributed by atoms with Crippen molar-refractivity contribution >= 4 is 0 Å². The van der Waals surface area contributed by atoms with Crippen molar-refractivity contribution in [3.63, 3.8) is 0 Å². The van der Waals surface area contributed by atoms with Crippen molar-refractivity contribution in [1.29, 1.82) is 0 Å². The Morgan fingerprint density at radius 2 is 1.67 bits per heavy atom. The van der Waals surface area contributed by atoms with Gasteiger partial charge in [0.25, 0.3) is 0 Å². The first-order valence-corrected chi connectivity index (χ1v) is 5.04. The summed E-state index contributed by atoms with van der Waals surface area (Å²) in [5, 5.41) is 0. The second-order valence-electron chi connectivity index (χ2n) is 3.38. The first-order chi connectivity index (χ1) is 5.85. The zero-order valence-electron chi connectivity index (χ0n) is 8.10. The van der Waals surface area contributed by atoms with Gasteiger partial charge in [-0.1, -0.05) is 0 Å². The molecule has 0 saturated heterocycles. The molecule has 0 aromatic carbocycles. The average molecular weight is 174 g/mol. The lowest BCUT2D eigenvalue weighted by molar-refractivity contribution is -0.368. The monoisotopic (exact) mass is 174 g/mol. The van der Waals surface area contributed by atoms with Crippen molar-refractivity contribution in [3.05, 3.63) is 0 Å². The van der Waals surface area contributed by atoms with Crippen LogP contribution in [0.5, 0.6) is 0 Å². The number of quaternary nitrogens is 1. The maximum atomic E-state index is 5.64. The molecule has 0 aromatic heterocycles. The second kappa shape index (κ2) is 8.97. The molecule has 0 amide bonds. The summed E-state index contributed by atoms with van der Waals surface area (Å²) in [7, 11) is 0. The Kier molecular flexibility index (Phi) is 8.88. The molecule has 0 bridgehead atoms. The van der Waals surface area contributed by atoms with Gasteiger partial charge in [-0.3, -0.25) is 0 Å². The van der Waals surface area contributed by atoms with E-state index in [-0.39, 0.29) is 0 Å². The van der Waals surface area contributed by atoms with Crippen LogP contribution in [0.4, 0.5) is 0 Å². The van der Waals surface area contributed by atoms with E-state index in [1.807, 2.05) is 0 Å². The fourth-order valence-corrected chi connectivity index (χ4v) is 1.40. The van der Waals surface area contributed by atoms with Crippen LogP contribution >= 0.6 is 0 Å². The molecule has 0 fully saturated rings. The first kappa shape index (κ1) is 11.9.